The number of nitrogens with zero attached hydrogens (tertiary/aromatic N) is 1. The smallest absolute Gasteiger partial charge is 0.414 e. The van der Waals surface area contributed by atoms with Crippen molar-refractivity contribution in [2.24, 2.45) is 0 Å². The molecular formula is C19H29NO5. The minimum Gasteiger partial charge on any atom is -0.494 e. The van der Waals surface area contributed by atoms with Gasteiger partial charge in [-0.25, -0.2) is 9.59 Å². The highest BCUT2D eigenvalue weighted by Crippen LogP contribution is 2.14. The van der Waals surface area contributed by atoms with E-state index in [1.165, 1.54) is 50.9 Å². The molecule has 1 heterocycles. The largest absolute Gasteiger partial charge is 0.494 e. The number of ether oxygens (including phenoxy) is 1. The Balaban J connectivity index is 0.000000450. The molecule has 2 N–H and O–H groups in total. The lowest BCUT2D eigenvalue weighted by Gasteiger charge is -2.26. The van der Waals surface area contributed by atoms with Crippen molar-refractivity contribution < 1.29 is 24.5 Å². The Labute approximate surface area is 149 Å². The monoisotopic (exact) mass is 351 g/mol. The predicted molar refractivity (Wildman–Crippen MR) is 96.1 cm³/mol. The number of carbonyl (C=O) groups is 2. The zero-order chi connectivity index (χ0) is 18.5. The summed E-state index contributed by atoms with van der Waals surface area (Å²) in [6.07, 6.45) is 7.67. The Morgan fingerprint density at radius 2 is 1.64 bits per heavy atom. The lowest BCUT2D eigenvalue weighted by molar-refractivity contribution is -0.159. The molecule has 6 nitrogen and oxygen atoms in total. The number of hydrogen-bond acceptors (Lipinski definition) is 4. The van der Waals surface area contributed by atoms with Gasteiger partial charge in [-0.1, -0.05) is 31.9 Å². The molecule has 25 heavy (non-hydrogen) atoms. The highest BCUT2D eigenvalue weighted by atomic mass is 16.5. The van der Waals surface area contributed by atoms with Crippen LogP contribution in [-0.2, 0) is 16.0 Å². The Bertz CT molecular complexity index is 497. The standard InChI is InChI=1S/C17H27NO.C2H2O4/c1-2-7-16-8-10-17(11-9-16)19-15-6-14-18-12-4-3-5-13-18;3-1(4)2(5)6/h8-11H,2-7,12-15H2,1H3;(H,3,4)(H,5,6). The number of carboxylic acid groups (broad SMARTS) is 2. The molecule has 0 atom stereocenters. The van der Waals surface area contributed by atoms with Gasteiger partial charge in [0.1, 0.15) is 5.75 Å². The molecule has 1 saturated heterocycles. The van der Waals surface area contributed by atoms with Crippen LogP contribution in [0.5, 0.6) is 5.75 Å². The van der Waals surface area contributed by atoms with E-state index in [2.05, 4.69) is 36.1 Å². The van der Waals surface area contributed by atoms with Crippen LogP contribution in [0.3, 0.4) is 0 Å². The summed E-state index contributed by atoms with van der Waals surface area (Å²) in [5, 5.41) is 14.8. The molecule has 0 radical (unpaired) electrons. The van der Waals surface area contributed by atoms with Gasteiger partial charge in [-0.2, -0.15) is 0 Å². The van der Waals surface area contributed by atoms with E-state index >= 15 is 0 Å². The SMILES string of the molecule is CCCc1ccc(OCCCN2CCCCC2)cc1.O=C(O)C(=O)O. The number of benzene rings is 1. The Morgan fingerprint density at radius 1 is 1.04 bits per heavy atom. The number of carboxylic acids is 2. The van der Waals surface area contributed by atoms with Gasteiger partial charge in [-0.05, 0) is 56.5 Å². The first-order valence-corrected chi connectivity index (χ1v) is 8.93. The van der Waals surface area contributed by atoms with E-state index in [1.54, 1.807) is 0 Å². The first-order chi connectivity index (χ1) is 12.0. The summed E-state index contributed by atoms with van der Waals surface area (Å²) in [6, 6.07) is 8.57. The fraction of sp³-hybridized carbons (Fsp3) is 0.579. The Kier molecular flexibility index (Phi) is 10.3. The van der Waals surface area contributed by atoms with Gasteiger partial charge in [0.25, 0.3) is 0 Å². The summed E-state index contributed by atoms with van der Waals surface area (Å²) >= 11 is 0. The quantitative estimate of drug-likeness (QED) is 0.580. The van der Waals surface area contributed by atoms with E-state index in [1.807, 2.05) is 0 Å². The number of aryl methyl sites for hydroxylation is 1. The van der Waals surface area contributed by atoms with E-state index < -0.39 is 11.9 Å². The molecule has 1 aliphatic heterocycles. The fourth-order valence-electron chi connectivity index (χ4n) is 2.70. The molecule has 0 unspecified atom stereocenters. The summed E-state index contributed by atoms with van der Waals surface area (Å²) in [5.41, 5.74) is 1.41. The van der Waals surface area contributed by atoms with Crippen LogP contribution in [0.15, 0.2) is 24.3 Å². The van der Waals surface area contributed by atoms with Crippen molar-refractivity contribution in [1.82, 2.24) is 4.90 Å². The van der Waals surface area contributed by atoms with E-state index in [4.69, 9.17) is 24.5 Å². The summed E-state index contributed by atoms with van der Waals surface area (Å²) in [6.45, 7) is 6.81. The first kappa shape index (κ1) is 21.0. The summed E-state index contributed by atoms with van der Waals surface area (Å²) in [5.74, 6) is -2.64. The second-order valence-electron chi connectivity index (χ2n) is 6.11. The van der Waals surface area contributed by atoms with Crippen molar-refractivity contribution in [1.29, 1.82) is 0 Å². The average Bonchev–Trinajstić information content (AvgIpc) is 2.62. The second-order valence-corrected chi connectivity index (χ2v) is 6.11. The molecule has 6 heteroatoms. The number of likely N-dealkylation sites (tertiary alicyclic amines) is 1. The molecule has 2 rings (SSSR count). The lowest BCUT2D eigenvalue weighted by Crippen LogP contribution is -2.31. The van der Waals surface area contributed by atoms with Crippen molar-refractivity contribution in [3.05, 3.63) is 29.8 Å². The average molecular weight is 351 g/mol. The normalized spacial score (nSPS) is 14.3. The van der Waals surface area contributed by atoms with Gasteiger partial charge in [0.2, 0.25) is 0 Å². The van der Waals surface area contributed by atoms with Gasteiger partial charge < -0.3 is 19.8 Å². The van der Waals surface area contributed by atoms with Crippen LogP contribution in [-0.4, -0.2) is 53.3 Å². The number of aliphatic carboxylic acids is 2. The molecule has 140 valence electrons. The van der Waals surface area contributed by atoms with Gasteiger partial charge in [-0.15, -0.1) is 0 Å². The molecule has 1 aliphatic rings. The zero-order valence-electron chi connectivity index (χ0n) is 14.9. The maximum absolute atomic E-state index is 9.10. The molecule has 0 amide bonds. The fourth-order valence-corrected chi connectivity index (χ4v) is 2.70. The molecule has 1 aromatic rings. The third-order valence-corrected chi connectivity index (χ3v) is 3.98. The van der Waals surface area contributed by atoms with Crippen LogP contribution in [0.4, 0.5) is 0 Å². The van der Waals surface area contributed by atoms with Gasteiger partial charge in [0.15, 0.2) is 0 Å². The van der Waals surface area contributed by atoms with E-state index in [-0.39, 0.29) is 0 Å². The lowest BCUT2D eigenvalue weighted by atomic mass is 10.1. The third-order valence-electron chi connectivity index (χ3n) is 3.98. The Morgan fingerprint density at radius 3 is 2.16 bits per heavy atom. The second kappa shape index (κ2) is 12.3. The predicted octanol–water partition coefficient (Wildman–Crippen LogP) is 3.05. The molecule has 0 bridgehead atoms. The first-order valence-electron chi connectivity index (χ1n) is 8.93. The van der Waals surface area contributed by atoms with Crippen LogP contribution in [0.1, 0.15) is 44.6 Å². The number of hydrogen-bond donors (Lipinski definition) is 2. The van der Waals surface area contributed by atoms with Crippen molar-refractivity contribution >= 4 is 11.9 Å². The summed E-state index contributed by atoms with van der Waals surface area (Å²) in [4.78, 5) is 20.8. The topological polar surface area (TPSA) is 87.1 Å². The van der Waals surface area contributed by atoms with Crippen molar-refractivity contribution in [2.45, 2.75) is 45.4 Å². The molecule has 0 aromatic heterocycles. The zero-order valence-corrected chi connectivity index (χ0v) is 14.9. The van der Waals surface area contributed by atoms with Gasteiger partial charge in [0, 0.05) is 6.54 Å². The highest BCUT2D eigenvalue weighted by Gasteiger charge is 2.09. The number of piperidine rings is 1. The maximum atomic E-state index is 9.10. The van der Waals surface area contributed by atoms with Crippen molar-refractivity contribution in [3.8, 4) is 5.75 Å². The molecule has 1 aromatic carbocycles. The van der Waals surface area contributed by atoms with Gasteiger partial charge in [-0.3, -0.25) is 0 Å². The van der Waals surface area contributed by atoms with E-state index in [9.17, 15) is 0 Å². The third kappa shape index (κ3) is 9.72. The van der Waals surface area contributed by atoms with Crippen molar-refractivity contribution in [3.63, 3.8) is 0 Å². The van der Waals surface area contributed by atoms with Crippen LogP contribution < -0.4 is 4.74 Å². The highest BCUT2D eigenvalue weighted by molar-refractivity contribution is 6.27. The molecule has 0 saturated carbocycles. The van der Waals surface area contributed by atoms with Gasteiger partial charge >= 0.3 is 11.9 Å². The minimum atomic E-state index is -1.82. The van der Waals surface area contributed by atoms with Gasteiger partial charge in [0.05, 0.1) is 6.61 Å². The maximum Gasteiger partial charge on any atom is 0.414 e. The van der Waals surface area contributed by atoms with Crippen LogP contribution in [0, 0.1) is 0 Å². The number of rotatable bonds is 7. The van der Waals surface area contributed by atoms with Crippen LogP contribution in [0.2, 0.25) is 0 Å². The van der Waals surface area contributed by atoms with Crippen LogP contribution in [0.25, 0.3) is 0 Å². The van der Waals surface area contributed by atoms with Crippen molar-refractivity contribution in [2.75, 3.05) is 26.2 Å². The van der Waals surface area contributed by atoms with Crippen LogP contribution >= 0.6 is 0 Å². The molecule has 1 fully saturated rings. The molecule has 0 aliphatic carbocycles. The van der Waals surface area contributed by atoms with E-state index in [0.29, 0.717) is 0 Å². The summed E-state index contributed by atoms with van der Waals surface area (Å²) in [7, 11) is 0. The molecular weight excluding hydrogens is 322 g/mol. The minimum absolute atomic E-state index is 0.837. The Hall–Kier alpha value is -2.08. The summed E-state index contributed by atoms with van der Waals surface area (Å²) < 4.78 is 5.80. The molecule has 0 spiro atoms. The van der Waals surface area contributed by atoms with E-state index in [0.717, 1.165) is 25.2 Å².